The number of aryl methyl sites for hydroxylation is 1. The van der Waals surface area contributed by atoms with Crippen molar-refractivity contribution >= 4 is 23.2 Å². The molecule has 31 heavy (non-hydrogen) atoms. The topological polar surface area (TPSA) is 70.4 Å². The van der Waals surface area contributed by atoms with Gasteiger partial charge in [0.05, 0.1) is 6.54 Å². The molecule has 3 aromatic rings. The molecule has 1 aliphatic rings. The number of rotatable bonds is 6. The van der Waals surface area contributed by atoms with Crippen LogP contribution in [0.5, 0.6) is 0 Å². The van der Waals surface area contributed by atoms with Crippen molar-refractivity contribution in [1.82, 2.24) is 25.2 Å². The molecule has 1 saturated heterocycles. The van der Waals surface area contributed by atoms with Crippen LogP contribution in [0.25, 0.3) is 5.82 Å². The van der Waals surface area contributed by atoms with Crippen molar-refractivity contribution in [2.45, 2.75) is 32.9 Å². The van der Waals surface area contributed by atoms with Crippen molar-refractivity contribution in [3.63, 3.8) is 0 Å². The van der Waals surface area contributed by atoms with Gasteiger partial charge in [0.25, 0.3) is 0 Å². The summed E-state index contributed by atoms with van der Waals surface area (Å²) in [4.78, 5) is 15.9. The molecule has 4 rings (SSSR count). The normalized spacial score (nSPS) is 16.5. The molecule has 1 unspecified atom stereocenters. The summed E-state index contributed by atoms with van der Waals surface area (Å²) in [5, 5.41) is 7.70. The Morgan fingerprint density at radius 2 is 2.16 bits per heavy atom. The maximum Gasteiger partial charge on any atom is 0.191 e. The van der Waals surface area contributed by atoms with Gasteiger partial charge in [0.1, 0.15) is 11.6 Å². The van der Waals surface area contributed by atoms with Crippen molar-refractivity contribution < 1.29 is 0 Å². The van der Waals surface area contributed by atoms with Crippen LogP contribution in [-0.4, -0.2) is 46.2 Å². The molecule has 0 saturated carbocycles. The highest BCUT2D eigenvalue weighted by atomic mass is 35.5. The van der Waals surface area contributed by atoms with Gasteiger partial charge >= 0.3 is 0 Å². The van der Waals surface area contributed by atoms with E-state index in [1.54, 1.807) is 6.20 Å². The molecule has 3 heterocycles. The minimum Gasteiger partial charge on any atom is -0.369 e. The lowest BCUT2D eigenvalue weighted by Crippen LogP contribution is -2.44. The quantitative estimate of drug-likeness (QED) is 0.455. The lowest BCUT2D eigenvalue weighted by Gasteiger charge is -2.20. The van der Waals surface area contributed by atoms with E-state index in [-0.39, 0.29) is 0 Å². The maximum absolute atomic E-state index is 6.15. The molecule has 2 N–H and O–H groups in total. The summed E-state index contributed by atoms with van der Waals surface area (Å²) in [7, 11) is 0. The number of hydrogen-bond donors (Lipinski definition) is 2. The molecule has 1 aliphatic heterocycles. The Morgan fingerprint density at radius 1 is 1.26 bits per heavy atom. The summed E-state index contributed by atoms with van der Waals surface area (Å²) in [5.41, 5.74) is 2.23. The van der Waals surface area contributed by atoms with Crippen molar-refractivity contribution in [2.24, 2.45) is 4.99 Å². The Kier molecular flexibility index (Phi) is 6.72. The molecular weight excluding hydrogens is 410 g/mol. The zero-order chi connectivity index (χ0) is 21.6. The fourth-order valence-corrected chi connectivity index (χ4v) is 3.93. The van der Waals surface area contributed by atoms with Gasteiger partial charge in [0, 0.05) is 55.0 Å². The predicted molar refractivity (Wildman–Crippen MR) is 126 cm³/mol. The SMILES string of the molecule is CCNC(=NCc1ccc(-n2ccnc2C)nc1)NC1CCN(c2cccc(Cl)c2)C1. The average Bonchev–Trinajstić information content (AvgIpc) is 3.42. The highest BCUT2D eigenvalue weighted by Crippen LogP contribution is 2.23. The third-order valence-electron chi connectivity index (χ3n) is 5.35. The molecule has 162 valence electrons. The molecule has 0 bridgehead atoms. The second-order valence-electron chi connectivity index (χ2n) is 7.62. The number of anilines is 1. The molecule has 0 amide bonds. The predicted octanol–water partition coefficient (Wildman–Crippen LogP) is 3.56. The molecule has 1 fully saturated rings. The van der Waals surface area contributed by atoms with Crippen LogP contribution in [-0.2, 0) is 6.54 Å². The number of nitrogens with one attached hydrogen (secondary N) is 2. The molecule has 2 aromatic heterocycles. The van der Waals surface area contributed by atoms with E-state index in [2.05, 4.69) is 44.6 Å². The molecule has 1 aromatic carbocycles. The van der Waals surface area contributed by atoms with Crippen LogP contribution in [0.1, 0.15) is 24.7 Å². The molecule has 0 spiro atoms. The first-order valence-electron chi connectivity index (χ1n) is 10.6. The van der Waals surface area contributed by atoms with Crippen LogP contribution in [0.3, 0.4) is 0 Å². The summed E-state index contributed by atoms with van der Waals surface area (Å²) in [6.45, 7) is 7.34. The number of imidazole rings is 1. The number of halogens is 1. The van der Waals surface area contributed by atoms with Gasteiger partial charge in [-0.2, -0.15) is 0 Å². The van der Waals surface area contributed by atoms with E-state index in [1.807, 2.05) is 48.1 Å². The smallest absolute Gasteiger partial charge is 0.191 e. The second-order valence-corrected chi connectivity index (χ2v) is 8.06. The maximum atomic E-state index is 6.15. The number of benzene rings is 1. The minimum atomic E-state index is 0.335. The zero-order valence-electron chi connectivity index (χ0n) is 17.9. The van der Waals surface area contributed by atoms with Crippen molar-refractivity contribution in [1.29, 1.82) is 0 Å². The fraction of sp³-hybridized carbons (Fsp3) is 0.348. The van der Waals surface area contributed by atoms with E-state index in [4.69, 9.17) is 16.6 Å². The van der Waals surface area contributed by atoms with Gasteiger partial charge in [-0.15, -0.1) is 0 Å². The van der Waals surface area contributed by atoms with Gasteiger partial charge in [-0.1, -0.05) is 23.7 Å². The third-order valence-corrected chi connectivity index (χ3v) is 5.58. The first kappa shape index (κ1) is 21.2. The Labute approximate surface area is 188 Å². The highest BCUT2D eigenvalue weighted by molar-refractivity contribution is 6.30. The summed E-state index contributed by atoms with van der Waals surface area (Å²) >= 11 is 6.15. The van der Waals surface area contributed by atoms with Crippen LogP contribution >= 0.6 is 11.6 Å². The largest absolute Gasteiger partial charge is 0.369 e. The van der Waals surface area contributed by atoms with Gasteiger partial charge in [0.15, 0.2) is 5.96 Å². The molecule has 7 nitrogen and oxygen atoms in total. The van der Waals surface area contributed by atoms with Gasteiger partial charge < -0.3 is 15.5 Å². The van der Waals surface area contributed by atoms with E-state index >= 15 is 0 Å². The van der Waals surface area contributed by atoms with Gasteiger partial charge in [-0.25, -0.2) is 15.0 Å². The summed E-state index contributed by atoms with van der Waals surface area (Å²) in [6, 6.07) is 12.4. The van der Waals surface area contributed by atoms with Crippen molar-refractivity contribution in [2.75, 3.05) is 24.5 Å². The van der Waals surface area contributed by atoms with Gasteiger partial charge in [0.2, 0.25) is 0 Å². The number of pyridine rings is 1. The number of nitrogens with zero attached hydrogens (tertiary/aromatic N) is 5. The van der Waals surface area contributed by atoms with E-state index in [1.165, 1.54) is 0 Å². The molecule has 0 radical (unpaired) electrons. The summed E-state index contributed by atoms with van der Waals surface area (Å²) in [5.74, 6) is 2.61. The van der Waals surface area contributed by atoms with Gasteiger partial charge in [-0.05, 0) is 50.1 Å². The Hall–Kier alpha value is -3.06. The monoisotopic (exact) mass is 437 g/mol. The van der Waals surface area contributed by atoms with E-state index in [0.29, 0.717) is 12.6 Å². The molecular formula is C23H28ClN7. The van der Waals surface area contributed by atoms with Crippen LogP contribution in [0.15, 0.2) is 60.0 Å². The van der Waals surface area contributed by atoms with Crippen LogP contribution in [0.2, 0.25) is 5.02 Å². The third kappa shape index (κ3) is 5.35. The number of guanidine groups is 1. The standard InChI is InChI=1S/C23H28ClN7/c1-3-25-23(29-20-9-11-30(16-20)21-6-4-5-19(24)13-21)28-15-18-7-8-22(27-14-18)31-12-10-26-17(31)2/h4-8,10,12-14,20H,3,9,11,15-16H2,1-2H3,(H2,25,28,29). The van der Waals surface area contributed by atoms with E-state index in [9.17, 15) is 0 Å². The Balaban J connectivity index is 1.37. The Morgan fingerprint density at radius 3 is 2.87 bits per heavy atom. The minimum absolute atomic E-state index is 0.335. The van der Waals surface area contributed by atoms with Crippen LogP contribution in [0, 0.1) is 6.92 Å². The molecule has 8 heteroatoms. The van der Waals surface area contributed by atoms with Crippen molar-refractivity contribution in [3.05, 3.63) is 71.4 Å². The molecule has 1 atom stereocenters. The number of aliphatic imine (C=N–C) groups is 1. The summed E-state index contributed by atoms with van der Waals surface area (Å²) < 4.78 is 1.96. The lowest BCUT2D eigenvalue weighted by atomic mass is 10.2. The average molecular weight is 438 g/mol. The van der Waals surface area contributed by atoms with E-state index in [0.717, 1.165) is 59.9 Å². The first-order valence-corrected chi connectivity index (χ1v) is 11.0. The Bertz CT molecular complexity index is 1030. The van der Waals surface area contributed by atoms with Crippen molar-refractivity contribution in [3.8, 4) is 5.82 Å². The van der Waals surface area contributed by atoms with Crippen LogP contribution in [0.4, 0.5) is 5.69 Å². The lowest BCUT2D eigenvalue weighted by molar-refractivity contribution is 0.649. The summed E-state index contributed by atoms with van der Waals surface area (Å²) in [6.07, 6.45) is 6.62. The highest BCUT2D eigenvalue weighted by Gasteiger charge is 2.23. The van der Waals surface area contributed by atoms with E-state index < -0.39 is 0 Å². The molecule has 0 aliphatic carbocycles. The number of aromatic nitrogens is 3. The zero-order valence-corrected chi connectivity index (χ0v) is 18.7. The van der Waals surface area contributed by atoms with Crippen LogP contribution < -0.4 is 15.5 Å². The fourth-order valence-electron chi connectivity index (χ4n) is 3.74. The first-order chi connectivity index (χ1) is 15.1. The van der Waals surface area contributed by atoms with Gasteiger partial charge in [-0.3, -0.25) is 4.57 Å². The second kappa shape index (κ2) is 9.83. The number of hydrogen-bond acceptors (Lipinski definition) is 4.